The quantitative estimate of drug-likeness (QED) is 0.775. The second-order valence-electron chi connectivity index (χ2n) is 5.65. The summed E-state index contributed by atoms with van der Waals surface area (Å²) in [6.07, 6.45) is 2.03. The van der Waals surface area contributed by atoms with Crippen LogP contribution in [0.2, 0.25) is 0 Å². The van der Waals surface area contributed by atoms with Gasteiger partial charge in [-0.1, -0.05) is 27.7 Å². The first-order chi connectivity index (χ1) is 9.46. The van der Waals surface area contributed by atoms with Gasteiger partial charge in [-0.15, -0.1) is 11.3 Å². The topological polar surface area (TPSA) is 62.2 Å². The average molecular weight is 298 g/mol. The largest absolute Gasteiger partial charge is 0.396 e. The Morgan fingerprint density at radius 1 is 1.45 bits per heavy atom. The Morgan fingerprint density at radius 2 is 2.10 bits per heavy atom. The van der Waals surface area contributed by atoms with E-state index in [1.807, 2.05) is 19.2 Å². The summed E-state index contributed by atoms with van der Waals surface area (Å²) < 4.78 is 0. The maximum atomic E-state index is 12.0. The Labute approximate surface area is 125 Å². The first-order valence-electron chi connectivity index (χ1n) is 7.28. The molecule has 20 heavy (non-hydrogen) atoms. The zero-order valence-corrected chi connectivity index (χ0v) is 13.7. The van der Waals surface area contributed by atoms with Crippen LogP contribution in [0.15, 0.2) is 5.38 Å². The minimum atomic E-state index is -0.194. The molecule has 0 unspecified atom stereocenters. The van der Waals surface area contributed by atoms with Crippen molar-refractivity contribution < 1.29 is 9.90 Å². The highest BCUT2D eigenvalue weighted by Gasteiger charge is 2.25. The molecule has 1 amide bonds. The van der Waals surface area contributed by atoms with Crippen molar-refractivity contribution >= 4 is 17.2 Å². The maximum Gasteiger partial charge on any atom is 0.226 e. The molecule has 114 valence electrons. The van der Waals surface area contributed by atoms with Crippen molar-refractivity contribution in [3.8, 4) is 0 Å². The van der Waals surface area contributed by atoms with E-state index in [4.69, 9.17) is 0 Å². The number of carbonyl (C=O) groups excluding carboxylic acids is 1. The first kappa shape index (κ1) is 17.1. The van der Waals surface area contributed by atoms with Gasteiger partial charge >= 0.3 is 0 Å². The number of nitrogens with one attached hydrogen (secondary N) is 1. The molecule has 1 aromatic rings. The lowest BCUT2D eigenvalue weighted by Crippen LogP contribution is -2.40. The Kier molecular flexibility index (Phi) is 6.62. The van der Waals surface area contributed by atoms with Crippen molar-refractivity contribution in [1.82, 2.24) is 10.3 Å². The number of aromatic nitrogens is 1. The van der Waals surface area contributed by atoms with E-state index in [2.05, 4.69) is 24.1 Å². The van der Waals surface area contributed by atoms with Gasteiger partial charge in [-0.05, 0) is 12.8 Å². The van der Waals surface area contributed by atoms with Crippen LogP contribution >= 0.6 is 11.3 Å². The monoisotopic (exact) mass is 298 g/mol. The average Bonchev–Trinajstić information content (AvgIpc) is 2.90. The Bertz CT molecular complexity index is 417. The van der Waals surface area contributed by atoms with Crippen molar-refractivity contribution in [3.05, 3.63) is 16.1 Å². The molecule has 0 bridgehead atoms. The number of rotatable bonds is 8. The molecule has 0 spiro atoms. The van der Waals surface area contributed by atoms with Crippen molar-refractivity contribution in [1.29, 1.82) is 0 Å². The number of hydrogen-bond acceptors (Lipinski definition) is 4. The lowest BCUT2D eigenvalue weighted by Gasteiger charge is -2.29. The maximum absolute atomic E-state index is 12.0. The zero-order valence-electron chi connectivity index (χ0n) is 12.9. The fourth-order valence-corrected chi connectivity index (χ4v) is 2.80. The number of carbonyl (C=O) groups is 1. The van der Waals surface area contributed by atoms with Gasteiger partial charge < -0.3 is 10.4 Å². The third kappa shape index (κ3) is 4.56. The summed E-state index contributed by atoms with van der Waals surface area (Å²) in [4.78, 5) is 16.4. The Hall–Kier alpha value is -0.940. The minimum Gasteiger partial charge on any atom is -0.396 e. The normalized spacial score (nSPS) is 11.9. The van der Waals surface area contributed by atoms with Crippen LogP contribution in [0, 0.1) is 5.41 Å². The lowest BCUT2D eigenvalue weighted by atomic mass is 9.83. The molecule has 0 aromatic carbocycles. The van der Waals surface area contributed by atoms with Crippen LogP contribution < -0.4 is 5.32 Å². The first-order valence-corrected chi connectivity index (χ1v) is 8.16. The number of thiazole rings is 1. The van der Waals surface area contributed by atoms with E-state index in [1.54, 1.807) is 11.3 Å². The van der Waals surface area contributed by atoms with E-state index in [0.29, 0.717) is 18.9 Å². The van der Waals surface area contributed by atoms with Gasteiger partial charge in [-0.25, -0.2) is 4.98 Å². The highest BCUT2D eigenvalue weighted by molar-refractivity contribution is 7.09. The molecule has 0 radical (unpaired) electrons. The SMILES string of the molecule is CCC(CC)(CO)CNC(=O)Cc1csc(C(C)C)n1. The predicted octanol–water partition coefficient (Wildman–Crippen LogP) is 2.72. The second-order valence-corrected chi connectivity index (χ2v) is 6.54. The predicted molar refractivity (Wildman–Crippen MR) is 83.0 cm³/mol. The summed E-state index contributed by atoms with van der Waals surface area (Å²) in [6, 6.07) is 0. The molecule has 0 aliphatic carbocycles. The fourth-order valence-electron chi connectivity index (χ4n) is 1.96. The number of aliphatic hydroxyl groups excluding tert-OH is 1. The van der Waals surface area contributed by atoms with Crippen molar-refractivity contribution in [2.45, 2.75) is 52.9 Å². The molecular formula is C15H26N2O2S. The second kappa shape index (κ2) is 7.74. The van der Waals surface area contributed by atoms with Gasteiger partial charge in [0.1, 0.15) is 0 Å². The van der Waals surface area contributed by atoms with Crippen molar-refractivity contribution in [3.63, 3.8) is 0 Å². The lowest BCUT2D eigenvalue weighted by molar-refractivity contribution is -0.121. The van der Waals surface area contributed by atoms with Crippen LogP contribution in [0.5, 0.6) is 0 Å². The summed E-state index contributed by atoms with van der Waals surface area (Å²) >= 11 is 1.61. The molecule has 5 heteroatoms. The zero-order chi connectivity index (χ0) is 15.2. The number of amides is 1. The Balaban J connectivity index is 2.51. The molecule has 0 aliphatic heterocycles. The van der Waals surface area contributed by atoms with Crippen LogP contribution in [0.1, 0.15) is 57.2 Å². The summed E-state index contributed by atoms with van der Waals surface area (Å²) in [5, 5.41) is 15.4. The number of nitrogens with zero attached hydrogens (tertiary/aromatic N) is 1. The van der Waals surface area contributed by atoms with Crippen LogP contribution in [-0.2, 0) is 11.2 Å². The van der Waals surface area contributed by atoms with Gasteiger partial charge in [0.15, 0.2) is 0 Å². The van der Waals surface area contributed by atoms with E-state index in [-0.39, 0.29) is 17.9 Å². The Morgan fingerprint density at radius 3 is 2.55 bits per heavy atom. The minimum absolute atomic E-state index is 0.0228. The highest BCUT2D eigenvalue weighted by Crippen LogP contribution is 2.24. The third-order valence-corrected chi connectivity index (χ3v) is 5.10. The van der Waals surface area contributed by atoms with Gasteiger partial charge in [0.2, 0.25) is 5.91 Å². The molecule has 1 aromatic heterocycles. The molecule has 4 nitrogen and oxygen atoms in total. The summed E-state index contributed by atoms with van der Waals surface area (Å²) in [7, 11) is 0. The van der Waals surface area contributed by atoms with Gasteiger partial charge in [-0.2, -0.15) is 0 Å². The number of hydrogen-bond donors (Lipinski definition) is 2. The van der Waals surface area contributed by atoms with E-state index in [1.165, 1.54) is 0 Å². The van der Waals surface area contributed by atoms with E-state index >= 15 is 0 Å². The molecule has 2 N–H and O–H groups in total. The van der Waals surface area contributed by atoms with Gasteiger partial charge in [0, 0.05) is 23.3 Å². The molecule has 0 atom stereocenters. The van der Waals surface area contributed by atoms with E-state index in [9.17, 15) is 9.90 Å². The molecule has 1 heterocycles. The van der Waals surface area contributed by atoms with Gasteiger partial charge in [-0.3, -0.25) is 4.79 Å². The molecular weight excluding hydrogens is 272 g/mol. The molecule has 0 saturated heterocycles. The summed E-state index contributed by atoms with van der Waals surface area (Å²) in [5.74, 6) is 0.379. The highest BCUT2D eigenvalue weighted by atomic mass is 32.1. The third-order valence-electron chi connectivity index (χ3n) is 3.90. The van der Waals surface area contributed by atoms with Gasteiger partial charge in [0.25, 0.3) is 0 Å². The summed E-state index contributed by atoms with van der Waals surface area (Å²) in [6.45, 7) is 8.91. The summed E-state index contributed by atoms with van der Waals surface area (Å²) in [5.41, 5.74) is 0.639. The standard InChI is InChI=1S/C15H26N2O2S/c1-5-15(6-2,10-18)9-16-13(19)7-12-8-20-14(17-12)11(3)4/h8,11,18H,5-7,9-10H2,1-4H3,(H,16,19). The van der Waals surface area contributed by atoms with Crippen molar-refractivity contribution in [2.24, 2.45) is 5.41 Å². The molecule has 0 fully saturated rings. The molecule has 1 rings (SSSR count). The van der Waals surface area contributed by atoms with Crippen LogP contribution in [0.3, 0.4) is 0 Å². The van der Waals surface area contributed by atoms with Crippen LogP contribution in [-0.4, -0.2) is 29.1 Å². The van der Waals surface area contributed by atoms with E-state index < -0.39 is 0 Å². The van der Waals surface area contributed by atoms with Crippen molar-refractivity contribution in [2.75, 3.05) is 13.2 Å². The molecule has 0 saturated carbocycles. The number of aliphatic hydroxyl groups is 1. The van der Waals surface area contributed by atoms with Crippen LogP contribution in [0.4, 0.5) is 0 Å². The van der Waals surface area contributed by atoms with Gasteiger partial charge in [0.05, 0.1) is 23.7 Å². The smallest absolute Gasteiger partial charge is 0.226 e. The fraction of sp³-hybridized carbons (Fsp3) is 0.733. The van der Waals surface area contributed by atoms with Crippen LogP contribution in [0.25, 0.3) is 0 Å². The molecule has 0 aliphatic rings. The van der Waals surface area contributed by atoms with E-state index in [0.717, 1.165) is 23.5 Å².